The Hall–Kier alpha value is -2.95. The normalized spacial score (nSPS) is 12.0. The van der Waals surface area contributed by atoms with Gasteiger partial charge < -0.3 is 11.1 Å². The van der Waals surface area contributed by atoms with Crippen molar-refractivity contribution in [1.82, 2.24) is 5.32 Å². The SMILES string of the molecule is NC(=O)[C@@H](C/C=C/c1ccccc1)NC(=O)Cc1ccc(F)cc1. The van der Waals surface area contributed by atoms with E-state index >= 15 is 0 Å². The molecule has 2 amide bonds. The molecule has 0 fully saturated rings. The molecule has 2 aromatic rings. The Morgan fingerprint density at radius 2 is 1.75 bits per heavy atom. The fourth-order valence-corrected chi connectivity index (χ4v) is 2.18. The highest BCUT2D eigenvalue weighted by molar-refractivity contribution is 5.87. The van der Waals surface area contributed by atoms with E-state index in [2.05, 4.69) is 5.32 Å². The maximum atomic E-state index is 12.9. The number of hydrogen-bond acceptors (Lipinski definition) is 2. The fraction of sp³-hybridized carbons (Fsp3) is 0.158. The number of nitrogens with one attached hydrogen (secondary N) is 1. The highest BCUT2D eigenvalue weighted by atomic mass is 19.1. The summed E-state index contributed by atoms with van der Waals surface area (Å²) >= 11 is 0. The molecule has 2 aromatic carbocycles. The molecule has 2 rings (SSSR count). The zero-order valence-electron chi connectivity index (χ0n) is 13.1. The second-order valence-corrected chi connectivity index (χ2v) is 5.37. The highest BCUT2D eigenvalue weighted by Gasteiger charge is 2.16. The van der Waals surface area contributed by atoms with Crippen LogP contribution >= 0.6 is 0 Å². The molecule has 0 spiro atoms. The summed E-state index contributed by atoms with van der Waals surface area (Å²) in [6.45, 7) is 0. The topological polar surface area (TPSA) is 72.2 Å². The number of rotatable bonds is 7. The van der Waals surface area contributed by atoms with Crippen molar-refractivity contribution in [3.8, 4) is 0 Å². The molecule has 24 heavy (non-hydrogen) atoms. The van der Waals surface area contributed by atoms with Crippen molar-refractivity contribution in [3.05, 3.63) is 77.6 Å². The summed E-state index contributed by atoms with van der Waals surface area (Å²) in [4.78, 5) is 23.5. The Morgan fingerprint density at radius 3 is 2.38 bits per heavy atom. The molecule has 3 N–H and O–H groups in total. The molecule has 0 saturated carbocycles. The first kappa shape index (κ1) is 17.4. The van der Waals surface area contributed by atoms with Crippen LogP contribution in [-0.4, -0.2) is 17.9 Å². The average molecular weight is 326 g/mol. The molecule has 0 bridgehead atoms. The minimum absolute atomic E-state index is 0.0620. The molecule has 124 valence electrons. The summed E-state index contributed by atoms with van der Waals surface area (Å²) in [6, 6.07) is 14.5. The summed E-state index contributed by atoms with van der Waals surface area (Å²) in [5.74, 6) is -1.29. The van der Waals surface area contributed by atoms with Gasteiger partial charge in [-0.3, -0.25) is 9.59 Å². The minimum atomic E-state index is -0.780. The van der Waals surface area contributed by atoms with Crippen LogP contribution < -0.4 is 11.1 Å². The lowest BCUT2D eigenvalue weighted by molar-refractivity contribution is -0.126. The average Bonchev–Trinajstić information content (AvgIpc) is 2.57. The van der Waals surface area contributed by atoms with Gasteiger partial charge in [-0.2, -0.15) is 0 Å². The van der Waals surface area contributed by atoms with Crippen LogP contribution in [0, 0.1) is 5.82 Å². The van der Waals surface area contributed by atoms with E-state index in [0.29, 0.717) is 12.0 Å². The van der Waals surface area contributed by atoms with E-state index in [4.69, 9.17) is 5.73 Å². The lowest BCUT2D eigenvalue weighted by Crippen LogP contribution is -2.44. The van der Waals surface area contributed by atoms with E-state index in [9.17, 15) is 14.0 Å². The summed E-state index contributed by atoms with van der Waals surface area (Å²) in [6.07, 6.45) is 4.02. The smallest absolute Gasteiger partial charge is 0.240 e. The van der Waals surface area contributed by atoms with E-state index < -0.39 is 11.9 Å². The summed E-state index contributed by atoms with van der Waals surface area (Å²) in [7, 11) is 0. The number of carbonyl (C=O) groups excluding carboxylic acids is 2. The van der Waals surface area contributed by atoms with Crippen molar-refractivity contribution in [1.29, 1.82) is 0 Å². The predicted octanol–water partition coefficient (Wildman–Crippen LogP) is 2.44. The van der Waals surface area contributed by atoms with Gasteiger partial charge in [-0.25, -0.2) is 4.39 Å². The Bertz CT molecular complexity index is 712. The number of primary amides is 1. The molecule has 0 radical (unpaired) electrons. The van der Waals surface area contributed by atoms with Gasteiger partial charge in [0, 0.05) is 0 Å². The summed E-state index contributed by atoms with van der Waals surface area (Å²) < 4.78 is 12.9. The van der Waals surface area contributed by atoms with Gasteiger partial charge in [-0.05, 0) is 29.7 Å². The molecule has 0 saturated heterocycles. The number of hydrogen-bond donors (Lipinski definition) is 2. The first-order valence-corrected chi connectivity index (χ1v) is 7.59. The third-order valence-electron chi connectivity index (χ3n) is 3.44. The van der Waals surface area contributed by atoms with Crippen molar-refractivity contribution in [3.63, 3.8) is 0 Å². The molecule has 0 heterocycles. The van der Waals surface area contributed by atoms with Crippen LogP contribution in [0.5, 0.6) is 0 Å². The van der Waals surface area contributed by atoms with Crippen LogP contribution in [0.15, 0.2) is 60.7 Å². The Morgan fingerprint density at radius 1 is 1.08 bits per heavy atom. The van der Waals surface area contributed by atoms with Gasteiger partial charge in [0.05, 0.1) is 6.42 Å². The van der Waals surface area contributed by atoms with E-state index in [0.717, 1.165) is 5.56 Å². The number of amides is 2. The van der Waals surface area contributed by atoms with Crippen LogP contribution in [-0.2, 0) is 16.0 Å². The monoisotopic (exact) mass is 326 g/mol. The molecular weight excluding hydrogens is 307 g/mol. The number of carbonyl (C=O) groups is 2. The molecular formula is C19H19FN2O2. The zero-order chi connectivity index (χ0) is 17.4. The van der Waals surface area contributed by atoms with Gasteiger partial charge >= 0.3 is 0 Å². The fourth-order valence-electron chi connectivity index (χ4n) is 2.18. The number of halogens is 1. The highest BCUT2D eigenvalue weighted by Crippen LogP contribution is 2.06. The third-order valence-corrected chi connectivity index (χ3v) is 3.44. The summed E-state index contributed by atoms with van der Waals surface area (Å²) in [5, 5.41) is 2.61. The van der Waals surface area contributed by atoms with Gasteiger partial charge in [-0.15, -0.1) is 0 Å². The third kappa shape index (κ3) is 5.68. The zero-order valence-corrected chi connectivity index (χ0v) is 13.1. The van der Waals surface area contributed by atoms with Crippen molar-refractivity contribution in [2.45, 2.75) is 18.9 Å². The molecule has 5 heteroatoms. The Balaban J connectivity index is 1.90. The van der Waals surface area contributed by atoms with Gasteiger partial charge in [-0.1, -0.05) is 54.6 Å². The predicted molar refractivity (Wildman–Crippen MR) is 91.3 cm³/mol. The lowest BCUT2D eigenvalue weighted by atomic mass is 10.1. The van der Waals surface area contributed by atoms with E-state index in [1.807, 2.05) is 36.4 Å². The number of benzene rings is 2. The molecule has 0 aliphatic heterocycles. The van der Waals surface area contributed by atoms with Crippen molar-refractivity contribution < 1.29 is 14.0 Å². The first-order chi connectivity index (χ1) is 11.5. The van der Waals surface area contributed by atoms with Crippen LogP contribution in [0.1, 0.15) is 17.5 Å². The van der Waals surface area contributed by atoms with Crippen LogP contribution in [0.3, 0.4) is 0 Å². The minimum Gasteiger partial charge on any atom is -0.368 e. The molecule has 0 aliphatic rings. The number of nitrogens with two attached hydrogens (primary N) is 1. The van der Waals surface area contributed by atoms with E-state index in [1.54, 1.807) is 6.08 Å². The quantitative estimate of drug-likeness (QED) is 0.820. The molecule has 1 atom stereocenters. The first-order valence-electron chi connectivity index (χ1n) is 7.59. The van der Waals surface area contributed by atoms with Gasteiger partial charge in [0.1, 0.15) is 11.9 Å². The maximum Gasteiger partial charge on any atom is 0.240 e. The lowest BCUT2D eigenvalue weighted by Gasteiger charge is -2.13. The van der Waals surface area contributed by atoms with Crippen molar-refractivity contribution in [2.24, 2.45) is 5.73 Å². The molecule has 0 aromatic heterocycles. The van der Waals surface area contributed by atoms with Crippen LogP contribution in [0.4, 0.5) is 4.39 Å². The molecule has 0 unspecified atom stereocenters. The van der Waals surface area contributed by atoms with Gasteiger partial charge in [0.2, 0.25) is 11.8 Å². The standard InChI is InChI=1S/C19H19FN2O2/c20-16-11-9-15(10-12-16)13-18(23)22-17(19(21)24)8-4-7-14-5-2-1-3-6-14/h1-7,9-12,17H,8,13H2,(H2,21,24)(H,22,23)/b7-4+/t17-/m1/s1. The second kappa shape index (κ2) is 8.62. The Kier molecular flexibility index (Phi) is 6.25. The van der Waals surface area contributed by atoms with Gasteiger partial charge in [0.15, 0.2) is 0 Å². The second-order valence-electron chi connectivity index (χ2n) is 5.37. The van der Waals surface area contributed by atoms with Crippen LogP contribution in [0.2, 0.25) is 0 Å². The summed E-state index contributed by atoms with van der Waals surface area (Å²) in [5.41, 5.74) is 7.00. The molecule has 4 nitrogen and oxygen atoms in total. The molecule has 0 aliphatic carbocycles. The van der Waals surface area contributed by atoms with Crippen molar-refractivity contribution in [2.75, 3.05) is 0 Å². The van der Waals surface area contributed by atoms with Gasteiger partial charge in [0.25, 0.3) is 0 Å². The van der Waals surface area contributed by atoms with Crippen molar-refractivity contribution >= 4 is 17.9 Å². The largest absolute Gasteiger partial charge is 0.368 e. The van der Waals surface area contributed by atoms with E-state index in [1.165, 1.54) is 24.3 Å². The van der Waals surface area contributed by atoms with Crippen LogP contribution in [0.25, 0.3) is 6.08 Å². The Labute approximate surface area is 140 Å². The van der Waals surface area contributed by atoms with E-state index in [-0.39, 0.29) is 18.1 Å². The maximum absolute atomic E-state index is 12.9.